The molecule has 0 fully saturated rings. The predicted molar refractivity (Wildman–Crippen MR) is 92.4 cm³/mol. The van der Waals surface area contributed by atoms with Gasteiger partial charge in [0.05, 0.1) is 13.7 Å². The molecule has 6 nitrogen and oxygen atoms in total. The van der Waals surface area contributed by atoms with Gasteiger partial charge in [-0.05, 0) is 24.3 Å². The molecule has 1 atom stereocenters. The molecule has 0 unspecified atom stereocenters. The Morgan fingerprint density at radius 2 is 2.30 bits per heavy atom. The number of nitrogen functional groups attached to an aromatic ring is 1. The van der Waals surface area contributed by atoms with Crippen LogP contribution in [-0.2, 0) is 6.42 Å². The van der Waals surface area contributed by atoms with Crippen LogP contribution in [0.1, 0.15) is 5.56 Å². The zero-order chi connectivity index (χ0) is 16.2. The lowest BCUT2D eigenvalue weighted by molar-refractivity contribution is 0.218. The monoisotopic (exact) mass is 332 g/mol. The van der Waals surface area contributed by atoms with Crippen LogP contribution in [0, 0.1) is 5.92 Å². The van der Waals surface area contributed by atoms with Gasteiger partial charge in [-0.2, -0.15) is 0 Å². The third kappa shape index (κ3) is 3.61. The van der Waals surface area contributed by atoms with E-state index in [-0.39, 0.29) is 0 Å². The minimum Gasteiger partial charge on any atom is -0.493 e. The van der Waals surface area contributed by atoms with Gasteiger partial charge in [0.25, 0.3) is 0 Å². The Morgan fingerprint density at radius 3 is 3.09 bits per heavy atom. The summed E-state index contributed by atoms with van der Waals surface area (Å²) in [5, 5.41) is 4.00. The predicted octanol–water partition coefficient (Wildman–Crippen LogP) is 2.45. The third-order valence-corrected chi connectivity index (χ3v) is 4.28. The summed E-state index contributed by atoms with van der Waals surface area (Å²) in [4.78, 5) is 8.56. The Kier molecular flexibility index (Phi) is 4.76. The number of thioether (sulfide) groups is 1. The number of methoxy groups -OCH3 is 1. The number of hydrogen-bond acceptors (Lipinski definition) is 7. The number of fused-ring (bicyclic) bond motifs is 1. The van der Waals surface area contributed by atoms with E-state index in [2.05, 4.69) is 21.4 Å². The van der Waals surface area contributed by atoms with Crippen molar-refractivity contribution >= 4 is 23.4 Å². The minimum absolute atomic E-state index is 0.364. The zero-order valence-corrected chi connectivity index (χ0v) is 14.0. The molecule has 3 N–H and O–H groups in total. The molecular formula is C16H20N4O2S. The molecule has 2 aromatic rings. The molecule has 2 heterocycles. The molecule has 23 heavy (non-hydrogen) atoms. The van der Waals surface area contributed by atoms with Crippen LogP contribution in [0.4, 0.5) is 11.6 Å². The van der Waals surface area contributed by atoms with E-state index in [1.54, 1.807) is 13.2 Å². The van der Waals surface area contributed by atoms with Crippen LogP contribution in [0.3, 0.4) is 0 Å². The second kappa shape index (κ2) is 6.95. The SMILES string of the molecule is COc1cccc2c1OC[C@@H](CNc1cc(N)nc(SC)n1)C2. The van der Waals surface area contributed by atoms with Crippen molar-refractivity contribution in [2.45, 2.75) is 11.6 Å². The fourth-order valence-corrected chi connectivity index (χ4v) is 3.01. The molecule has 0 saturated heterocycles. The lowest BCUT2D eigenvalue weighted by Crippen LogP contribution is -2.27. The maximum Gasteiger partial charge on any atom is 0.191 e. The summed E-state index contributed by atoms with van der Waals surface area (Å²) >= 11 is 1.47. The number of rotatable bonds is 5. The van der Waals surface area contributed by atoms with Gasteiger partial charge in [-0.15, -0.1) is 0 Å². The largest absolute Gasteiger partial charge is 0.493 e. The Hall–Kier alpha value is -2.15. The van der Waals surface area contributed by atoms with Gasteiger partial charge in [-0.25, -0.2) is 9.97 Å². The maximum atomic E-state index is 5.89. The number of nitrogens with two attached hydrogens (primary N) is 1. The van der Waals surface area contributed by atoms with Gasteiger partial charge in [-0.3, -0.25) is 0 Å². The van der Waals surface area contributed by atoms with E-state index in [1.807, 2.05) is 18.4 Å². The topological polar surface area (TPSA) is 82.3 Å². The second-order valence-electron chi connectivity index (χ2n) is 5.38. The van der Waals surface area contributed by atoms with Crippen LogP contribution in [0.15, 0.2) is 29.4 Å². The van der Waals surface area contributed by atoms with E-state index < -0.39 is 0 Å². The molecule has 7 heteroatoms. The highest BCUT2D eigenvalue weighted by Gasteiger charge is 2.22. The molecule has 3 rings (SSSR count). The number of nitrogens with zero attached hydrogens (tertiary/aromatic N) is 2. The molecule has 1 aliphatic heterocycles. The number of benzene rings is 1. The second-order valence-corrected chi connectivity index (χ2v) is 6.15. The van der Waals surface area contributed by atoms with E-state index in [0.717, 1.165) is 30.3 Å². The first-order valence-electron chi connectivity index (χ1n) is 7.40. The average molecular weight is 332 g/mol. The first-order valence-corrected chi connectivity index (χ1v) is 8.63. The molecule has 0 amide bonds. The average Bonchev–Trinajstić information content (AvgIpc) is 2.58. The Bertz CT molecular complexity index is 696. The van der Waals surface area contributed by atoms with E-state index in [0.29, 0.717) is 23.5 Å². The number of nitrogens with one attached hydrogen (secondary N) is 1. The molecule has 122 valence electrons. The Balaban J connectivity index is 1.65. The lowest BCUT2D eigenvalue weighted by atomic mass is 9.96. The standard InChI is InChI=1S/C16H20N4O2S/c1-21-12-5-3-4-11-6-10(9-22-15(11)12)8-18-14-7-13(17)19-16(20-14)23-2/h3-5,7,10H,6,8-9H2,1-2H3,(H3,17,18,19,20)/t10-/m1/s1. The van der Waals surface area contributed by atoms with Crippen LogP contribution in [0.5, 0.6) is 11.5 Å². The molecule has 0 radical (unpaired) electrons. The van der Waals surface area contributed by atoms with Gasteiger partial charge >= 0.3 is 0 Å². The van der Waals surface area contributed by atoms with Crippen molar-refractivity contribution in [3.8, 4) is 11.5 Å². The number of ether oxygens (including phenoxy) is 2. The summed E-state index contributed by atoms with van der Waals surface area (Å²) in [5.41, 5.74) is 6.97. The molecule has 0 bridgehead atoms. The van der Waals surface area contributed by atoms with Crippen LogP contribution in [-0.4, -0.2) is 36.5 Å². The van der Waals surface area contributed by atoms with Gasteiger partial charge < -0.3 is 20.5 Å². The quantitative estimate of drug-likeness (QED) is 0.643. The summed E-state index contributed by atoms with van der Waals surface area (Å²) < 4.78 is 11.2. The van der Waals surface area contributed by atoms with Gasteiger partial charge in [0, 0.05) is 18.5 Å². The molecular weight excluding hydrogens is 312 g/mol. The summed E-state index contributed by atoms with van der Waals surface area (Å²) in [6, 6.07) is 7.75. The molecule has 0 aliphatic carbocycles. The summed E-state index contributed by atoms with van der Waals surface area (Å²) in [6.07, 6.45) is 2.87. The van der Waals surface area contributed by atoms with Crippen molar-refractivity contribution in [2.75, 3.05) is 37.6 Å². The highest BCUT2D eigenvalue weighted by atomic mass is 32.2. The first-order chi connectivity index (χ1) is 11.2. The summed E-state index contributed by atoms with van der Waals surface area (Å²) in [6.45, 7) is 1.41. The van der Waals surface area contributed by atoms with E-state index in [1.165, 1.54) is 17.3 Å². The molecule has 0 saturated carbocycles. The van der Waals surface area contributed by atoms with Crippen molar-refractivity contribution in [3.63, 3.8) is 0 Å². The fraction of sp³-hybridized carbons (Fsp3) is 0.375. The summed E-state index contributed by atoms with van der Waals surface area (Å²) in [5.74, 6) is 3.24. The fourth-order valence-electron chi connectivity index (χ4n) is 2.62. The van der Waals surface area contributed by atoms with Crippen LogP contribution in [0.25, 0.3) is 0 Å². The van der Waals surface area contributed by atoms with E-state index in [4.69, 9.17) is 15.2 Å². The first kappa shape index (κ1) is 15.7. The zero-order valence-electron chi connectivity index (χ0n) is 13.2. The van der Waals surface area contributed by atoms with Gasteiger partial charge in [-0.1, -0.05) is 23.9 Å². The van der Waals surface area contributed by atoms with Crippen molar-refractivity contribution in [1.29, 1.82) is 0 Å². The van der Waals surface area contributed by atoms with Gasteiger partial charge in [0.2, 0.25) is 0 Å². The van der Waals surface area contributed by atoms with Gasteiger partial charge in [0.15, 0.2) is 16.7 Å². The maximum absolute atomic E-state index is 5.89. The Labute approximate surface area is 139 Å². The highest BCUT2D eigenvalue weighted by molar-refractivity contribution is 7.98. The molecule has 1 aromatic heterocycles. The lowest BCUT2D eigenvalue weighted by Gasteiger charge is -2.26. The van der Waals surface area contributed by atoms with Crippen molar-refractivity contribution in [3.05, 3.63) is 29.8 Å². The van der Waals surface area contributed by atoms with Crippen LogP contribution in [0.2, 0.25) is 0 Å². The normalized spacial score (nSPS) is 16.3. The van der Waals surface area contributed by atoms with Crippen molar-refractivity contribution in [2.24, 2.45) is 5.92 Å². The van der Waals surface area contributed by atoms with Crippen molar-refractivity contribution in [1.82, 2.24) is 9.97 Å². The number of hydrogen-bond donors (Lipinski definition) is 2. The molecule has 1 aliphatic rings. The van der Waals surface area contributed by atoms with Gasteiger partial charge in [0.1, 0.15) is 11.6 Å². The van der Waals surface area contributed by atoms with E-state index in [9.17, 15) is 0 Å². The van der Waals surface area contributed by atoms with Crippen LogP contribution >= 0.6 is 11.8 Å². The summed E-state index contributed by atoms with van der Waals surface area (Å²) in [7, 11) is 1.66. The Morgan fingerprint density at radius 1 is 1.43 bits per heavy atom. The number of aromatic nitrogens is 2. The number of para-hydroxylation sites is 1. The number of anilines is 2. The van der Waals surface area contributed by atoms with E-state index >= 15 is 0 Å². The third-order valence-electron chi connectivity index (χ3n) is 3.73. The van der Waals surface area contributed by atoms with Crippen molar-refractivity contribution < 1.29 is 9.47 Å². The minimum atomic E-state index is 0.364. The molecule has 1 aromatic carbocycles. The smallest absolute Gasteiger partial charge is 0.191 e. The van der Waals surface area contributed by atoms with Crippen LogP contribution < -0.4 is 20.5 Å². The molecule has 0 spiro atoms. The highest BCUT2D eigenvalue weighted by Crippen LogP contribution is 2.36.